The van der Waals surface area contributed by atoms with Crippen LogP contribution in [-0.2, 0) is 26.4 Å². The van der Waals surface area contributed by atoms with Crippen LogP contribution in [0.1, 0.15) is 37.5 Å². The Labute approximate surface area is 192 Å². The Hall–Kier alpha value is -2.88. The van der Waals surface area contributed by atoms with Gasteiger partial charge in [0.1, 0.15) is 0 Å². The molecule has 33 heavy (non-hydrogen) atoms. The van der Waals surface area contributed by atoms with Crippen LogP contribution in [0, 0.1) is 16.5 Å². The number of alkyl halides is 3. The predicted octanol–water partition coefficient (Wildman–Crippen LogP) is 2.90. The van der Waals surface area contributed by atoms with Crippen LogP contribution in [0.2, 0.25) is 5.15 Å². The summed E-state index contributed by atoms with van der Waals surface area (Å²) in [4.78, 5) is 13.0. The van der Waals surface area contributed by atoms with Gasteiger partial charge in [0.2, 0.25) is 0 Å². The van der Waals surface area contributed by atoms with E-state index in [2.05, 4.69) is 0 Å². The molecule has 1 unspecified atom stereocenters. The Bertz CT molecular complexity index is 1240. The lowest BCUT2D eigenvalue weighted by Crippen LogP contribution is -2.50. The number of nitrogens with zero attached hydrogens (tertiary/aromatic N) is 2. The van der Waals surface area contributed by atoms with Crippen LogP contribution in [0.4, 0.5) is 18.9 Å². The summed E-state index contributed by atoms with van der Waals surface area (Å²) in [7, 11) is -4.18. The Balaban J connectivity index is 2.60. The van der Waals surface area contributed by atoms with E-state index >= 15 is 0 Å². The van der Waals surface area contributed by atoms with Crippen LogP contribution in [0.5, 0.6) is 0 Å². The van der Waals surface area contributed by atoms with Gasteiger partial charge in [-0.1, -0.05) is 0 Å². The fraction of sp³-hybridized carbons (Fsp3) is 0.350. The molecule has 2 N–H and O–H groups in total. The lowest BCUT2D eigenvalue weighted by molar-refractivity contribution is -0.603. The third kappa shape index (κ3) is 5.55. The molecule has 1 amide bonds. The van der Waals surface area contributed by atoms with Crippen molar-refractivity contribution in [2.45, 2.75) is 37.3 Å². The van der Waals surface area contributed by atoms with Gasteiger partial charge < -0.3 is 15.6 Å². The summed E-state index contributed by atoms with van der Waals surface area (Å²) in [6.07, 6.45) is -4.22. The van der Waals surface area contributed by atoms with Gasteiger partial charge in [0.25, 0.3) is 11.1 Å². The topological polar surface area (TPSA) is 134 Å². The number of benzene rings is 1. The van der Waals surface area contributed by atoms with E-state index < -0.39 is 60.4 Å². The summed E-state index contributed by atoms with van der Waals surface area (Å²) >= 11 is 5.65. The van der Waals surface area contributed by atoms with E-state index in [1.807, 2.05) is 5.32 Å². The van der Waals surface area contributed by atoms with E-state index in [1.165, 1.54) is 26.8 Å². The molecule has 13 heteroatoms. The number of amides is 1. The minimum Gasteiger partial charge on any atom is -0.618 e. The highest BCUT2D eigenvalue weighted by Gasteiger charge is 2.47. The Kier molecular flexibility index (Phi) is 7.04. The van der Waals surface area contributed by atoms with Gasteiger partial charge in [0, 0.05) is 11.8 Å². The number of halogens is 4. The molecule has 1 atom stereocenters. The van der Waals surface area contributed by atoms with Gasteiger partial charge in [0.05, 0.1) is 33.3 Å². The summed E-state index contributed by atoms with van der Waals surface area (Å²) in [5.74, 6) is -2.59. The van der Waals surface area contributed by atoms with Crippen molar-refractivity contribution < 1.29 is 36.2 Å². The zero-order valence-electron chi connectivity index (χ0n) is 17.6. The number of aliphatic hydroxyl groups is 1. The number of rotatable bonds is 5. The first-order valence-corrected chi connectivity index (χ1v) is 11.2. The Morgan fingerprint density at radius 1 is 1.24 bits per heavy atom. The largest absolute Gasteiger partial charge is 0.618 e. The van der Waals surface area contributed by atoms with Crippen LogP contribution >= 0.6 is 11.6 Å². The van der Waals surface area contributed by atoms with E-state index in [4.69, 9.17) is 16.9 Å². The highest BCUT2D eigenvalue weighted by molar-refractivity contribution is 7.92. The molecular weight excluding hydrogens is 487 g/mol. The maximum absolute atomic E-state index is 13.2. The fourth-order valence-electron chi connectivity index (χ4n) is 2.67. The van der Waals surface area contributed by atoms with Crippen LogP contribution in [0.25, 0.3) is 0 Å². The van der Waals surface area contributed by atoms with Gasteiger partial charge in [-0.2, -0.15) is 23.2 Å². The average molecular weight is 506 g/mol. The van der Waals surface area contributed by atoms with Gasteiger partial charge >= 0.3 is 6.18 Å². The second-order valence-electron chi connectivity index (χ2n) is 8.12. The van der Waals surface area contributed by atoms with Crippen LogP contribution in [0.15, 0.2) is 36.5 Å². The molecule has 0 spiro atoms. The maximum Gasteiger partial charge on any atom is 0.417 e. The number of carbonyl (C=O) groups excluding carboxylic acids is 1. The summed E-state index contributed by atoms with van der Waals surface area (Å²) < 4.78 is 64.0. The predicted molar refractivity (Wildman–Crippen MR) is 113 cm³/mol. The standard InChI is InChI=1S/C20H19ClF3N3O5S/c1-18(2,3)33(31,32)11-19(29,13-5-7-16(21)27(30)10-13)17(28)26-14-6-4-12(9-25)15(8-14)20(22,23)24/h4-8,10,29H,11H2,1-3H3,(H,26,28). The number of nitrogens with one attached hydrogen (secondary N) is 1. The summed E-state index contributed by atoms with van der Waals surface area (Å²) in [5, 5.41) is 33.7. The van der Waals surface area contributed by atoms with Gasteiger partial charge in [-0.3, -0.25) is 4.79 Å². The summed E-state index contributed by atoms with van der Waals surface area (Å²) in [5.41, 5.74) is -5.80. The van der Waals surface area contributed by atoms with Crippen molar-refractivity contribution >= 4 is 33.0 Å². The Morgan fingerprint density at radius 2 is 1.85 bits per heavy atom. The molecule has 0 aliphatic rings. The van der Waals surface area contributed by atoms with Crippen molar-refractivity contribution in [3.05, 3.63) is 63.6 Å². The summed E-state index contributed by atoms with van der Waals surface area (Å²) in [6, 6.07) is 5.74. The lowest BCUT2D eigenvalue weighted by atomic mass is 9.96. The van der Waals surface area contributed by atoms with Crippen LogP contribution in [0.3, 0.4) is 0 Å². The second-order valence-corrected chi connectivity index (χ2v) is 11.3. The van der Waals surface area contributed by atoms with Crippen molar-refractivity contribution in [2.75, 3.05) is 11.1 Å². The molecule has 0 aliphatic carbocycles. The molecule has 2 rings (SSSR count). The average Bonchev–Trinajstić information content (AvgIpc) is 2.68. The normalized spacial score (nSPS) is 14.3. The van der Waals surface area contributed by atoms with E-state index in [-0.39, 0.29) is 9.88 Å². The minimum atomic E-state index is -4.91. The van der Waals surface area contributed by atoms with Crippen LogP contribution in [-0.4, -0.2) is 29.9 Å². The van der Waals surface area contributed by atoms with Crippen molar-refractivity contribution in [1.82, 2.24) is 0 Å². The molecule has 0 saturated carbocycles. The molecular formula is C20H19ClF3N3O5S. The molecule has 0 bridgehead atoms. The number of hydrogen-bond donors (Lipinski definition) is 2. The van der Waals surface area contributed by atoms with E-state index in [1.54, 1.807) is 0 Å². The second kappa shape index (κ2) is 8.81. The van der Waals surface area contributed by atoms with Crippen molar-refractivity contribution in [1.29, 1.82) is 5.26 Å². The van der Waals surface area contributed by atoms with Crippen molar-refractivity contribution in [3.63, 3.8) is 0 Å². The summed E-state index contributed by atoms with van der Waals surface area (Å²) in [6.45, 7) is 3.98. The number of hydrogen-bond acceptors (Lipinski definition) is 6. The van der Waals surface area contributed by atoms with Crippen LogP contribution < -0.4 is 10.0 Å². The van der Waals surface area contributed by atoms with Crippen molar-refractivity contribution in [3.8, 4) is 6.07 Å². The zero-order valence-corrected chi connectivity index (χ0v) is 19.1. The highest BCUT2D eigenvalue weighted by atomic mass is 35.5. The quantitative estimate of drug-likeness (QED) is 0.364. The maximum atomic E-state index is 13.2. The molecule has 2 aromatic rings. The molecule has 0 saturated heterocycles. The number of sulfone groups is 1. The molecule has 1 aromatic heterocycles. The molecule has 0 aliphatic heterocycles. The fourth-order valence-corrected chi connectivity index (χ4v) is 4.06. The number of anilines is 1. The highest BCUT2D eigenvalue weighted by Crippen LogP contribution is 2.35. The first-order chi connectivity index (χ1) is 14.9. The Morgan fingerprint density at radius 3 is 2.33 bits per heavy atom. The number of nitriles is 1. The third-order valence-corrected chi connectivity index (χ3v) is 7.71. The molecule has 0 fully saturated rings. The lowest BCUT2D eigenvalue weighted by Gasteiger charge is -2.30. The van der Waals surface area contributed by atoms with Gasteiger partial charge in [0.15, 0.2) is 21.6 Å². The van der Waals surface area contributed by atoms with Crippen molar-refractivity contribution in [2.24, 2.45) is 0 Å². The SMILES string of the molecule is CC(C)(C)S(=O)(=O)CC(O)(C(=O)Nc1ccc(C#N)c(C(F)(F)F)c1)c1ccc(Cl)[n+]([O-])c1. The zero-order chi connectivity index (χ0) is 25.4. The van der Waals surface area contributed by atoms with E-state index in [0.717, 1.165) is 24.3 Å². The molecule has 1 heterocycles. The first-order valence-electron chi connectivity index (χ1n) is 9.19. The van der Waals surface area contributed by atoms with E-state index in [9.17, 15) is 36.7 Å². The first kappa shape index (κ1) is 26.4. The number of aromatic nitrogens is 1. The van der Waals surface area contributed by atoms with Gasteiger partial charge in [-0.15, -0.1) is 0 Å². The smallest absolute Gasteiger partial charge is 0.417 e. The minimum absolute atomic E-state index is 0.0856. The monoisotopic (exact) mass is 505 g/mol. The molecule has 1 aromatic carbocycles. The molecule has 178 valence electrons. The van der Waals surface area contributed by atoms with E-state index in [0.29, 0.717) is 12.3 Å². The number of pyridine rings is 1. The van der Waals surface area contributed by atoms with Gasteiger partial charge in [-0.05, 0) is 56.6 Å². The molecule has 0 radical (unpaired) electrons. The third-order valence-electron chi connectivity index (χ3n) is 4.76. The number of carbonyl (C=O) groups is 1. The van der Waals surface area contributed by atoms with Gasteiger partial charge in [-0.25, -0.2) is 8.42 Å². The molecule has 8 nitrogen and oxygen atoms in total.